The molecule has 334 valence electrons. The molecule has 0 saturated carbocycles. The molecule has 0 amide bonds. The Morgan fingerprint density at radius 3 is 0.800 bits per heavy atom. The fourth-order valence-corrected chi connectivity index (χ4v) is 6.41. The van der Waals surface area contributed by atoms with Crippen LogP contribution in [-0.4, -0.2) is 73.5 Å². The van der Waals surface area contributed by atoms with E-state index >= 15 is 0 Å². The molecule has 0 aromatic heterocycles. The Bertz CT molecular complexity index is 2120. The molecule has 4 aromatic carbocycles. The van der Waals surface area contributed by atoms with Crippen molar-refractivity contribution >= 4 is 10.4 Å². The number of hydrogen-bond acceptors (Lipinski definition) is 12. The summed E-state index contributed by atoms with van der Waals surface area (Å²) in [6.45, 7) is 24.7. The Morgan fingerprint density at radius 1 is 0.367 bits per heavy atom. The summed E-state index contributed by atoms with van der Waals surface area (Å²) in [5.41, 5.74) is 4.87. The highest BCUT2D eigenvalue weighted by atomic mass is 32.3. The maximum Gasteiger partial charge on any atom is 0.399 e. The molecule has 4 aromatic rings. The number of phenols is 3. The Hall–Kier alpha value is -4.85. The van der Waals surface area contributed by atoms with Gasteiger partial charge in [0.25, 0.3) is 0 Å². The average Bonchev–Trinajstić information content (AvgIpc) is 3.16. The maximum atomic E-state index is 11.1. The predicted molar refractivity (Wildman–Crippen MR) is 239 cm³/mol. The standard InChI is InChI=1S/C23H32O4.C22H30O4.C2H6O4S/c1-22(2,3)18-12-14(25-7)10-16(20(18)24)17-11-15(26-8)13-19(21(17)27-9)23(4,5)6;1-21(2,3)17-11-13(25-7)9-15(19(17)23)16-10-14(26-8)12-18(20(16)24)22(4,5)6;1-5-7(3,4)6-2/h10-13,24H,1-9H3;9-12,23-24H,1-8H3;1-2H3. The van der Waals surface area contributed by atoms with E-state index in [1.54, 1.807) is 47.7 Å². The lowest BCUT2D eigenvalue weighted by molar-refractivity contribution is 0.286. The molecule has 0 atom stereocenters. The molecule has 0 aliphatic heterocycles. The van der Waals surface area contributed by atoms with Gasteiger partial charge in [0.15, 0.2) is 0 Å². The van der Waals surface area contributed by atoms with Crippen molar-refractivity contribution in [3.63, 3.8) is 0 Å². The number of methoxy groups -OCH3 is 5. The van der Waals surface area contributed by atoms with Gasteiger partial charge in [0, 0.05) is 44.5 Å². The van der Waals surface area contributed by atoms with Gasteiger partial charge in [-0.2, -0.15) is 8.42 Å². The average molecular weight is 857 g/mol. The summed E-state index contributed by atoms with van der Waals surface area (Å²) in [5, 5.41) is 33.1. The SMILES string of the molecule is COS(=O)(=O)OC.COc1cc(-c2cc(OC)cc(C(C)(C)C)c2O)c(O)c(C(C)(C)C)c1.COc1cc(-c2cc(OC)cc(C(C)(C)C)c2OC)c(O)c(C(C)(C)C)c1. The van der Waals surface area contributed by atoms with Gasteiger partial charge >= 0.3 is 10.4 Å². The molecule has 0 unspecified atom stereocenters. The fraction of sp³-hybridized carbons (Fsp3) is 0.489. The van der Waals surface area contributed by atoms with Crippen molar-refractivity contribution < 1.29 is 55.8 Å². The third kappa shape index (κ3) is 12.6. The number of phenolic OH excluding ortho intramolecular Hbond substituents is 3. The summed E-state index contributed by atoms with van der Waals surface area (Å²) < 4.78 is 55.2. The highest BCUT2D eigenvalue weighted by molar-refractivity contribution is 7.81. The molecule has 0 heterocycles. The molecule has 0 aliphatic carbocycles. The van der Waals surface area contributed by atoms with Crippen LogP contribution in [0.1, 0.15) is 105 Å². The second-order valence-electron chi connectivity index (χ2n) is 18.2. The van der Waals surface area contributed by atoms with E-state index in [0.717, 1.165) is 53.5 Å². The molecule has 0 aliphatic rings. The molecule has 60 heavy (non-hydrogen) atoms. The van der Waals surface area contributed by atoms with Gasteiger partial charge in [0.1, 0.15) is 46.0 Å². The van der Waals surface area contributed by atoms with Gasteiger partial charge in [-0.25, -0.2) is 0 Å². The maximum absolute atomic E-state index is 11.1. The second-order valence-corrected chi connectivity index (χ2v) is 19.7. The minimum absolute atomic E-state index is 0.140. The van der Waals surface area contributed by atoms with Gasteiger partial charge in [-0.3, -0.25) is 8.37 Å². The van der Waals surface area contributed by atoms with Crippen molar-refractivity contribution in [2.75, 3.05) is 49.8 Å². The monoisotopic (exact) mass is 856 g/mol. The minimum atomic E-state index is -3.66. The lowest BCUT2D eigenvalue weighted by Gasteiger charge is -2.27. The number of rotatable bonds is 9. The zero-order chi connectivity index (χ0) is 46.3. The first kappa shape index (κ1) is 51.3. The molecule has 4 rings (SSSR count). The summed E-state index contributed by atoms with van der Waals surface area (Å²) in [6, 6.07) is 14.8. The molecular weight excluding hydrogens is 789 g/mol. The number of hydrogen-bond donors (Lipinski definition) is 3. The Kier molecular flexibility index (Phi) is 16.8. The molecule has 0 fully saturated rings. The van der Waals surface area contributed by atoms with E-state index in [4.69, 9.17) is 23.7 Å². The van der Waals surface area contributed by atoms with Gasteiger partial charge in [0.05, 0.1) is 49.8 Å². The molecular formula is C47H68O12S. The van der Waals surface area contributed by atoms with Gasteiger partial charge in [-0.1, -0.05) is 83.1 Å². The van der Waals surface area contributed by atoms with Gasteiger partial charge in [-0.15, -0.1) is 0 Å². The largest absolute Gasteiger partial charge is 0.507 e. The summed E-state index contributed by atoms with van der Waals surface area (Å²) in [5.74, 6) is 3.90. The predicted octanol–water partition coefficient (Wildman–Crippen LogP) is 10.6. The lowest BCUT2D eigenvalue weighted by Crippen LogP contribution is -2.14. The smallest absolute Gasteiger partial charge is 0.399 e. The first-order chi connectivity index (χ1) is 27.5. The molecule has 3 N–H and O–H groups in total. The topological polar surface area (TPSA) is 159 Å². The summed E-state index contributed by atoms with van der Waals surface area (Å²) in [4.78, 5) is 0. The van der Waals surface area contributed by atoms with Crippen molar-refractivity contribution in [1.29, 1.82) is 0 Å². The van der Waals surface area contributed by atoms with Crippen molar-refractivity contribution in [3.05, 3.63) is 70.8 Å². The first-order valence-corrected chi connectivity index (χ1v) is 20.7. The number of ether oxygens (including phenoxy) is 5. The van der Waals surface area contributed by atoms with E-state index in [0.29, 0.717) is 33.9 Å². The molecule has 0 spiro atoms. The Labute approximate surface area is 358 Å². The van der Waals surface area contributed by atoms with Crippen LogP contribution >= 0.6 is 0 Å². The van der Waals surface area contributed by atoms with Crippen molar-refractivity contribution in [2.24, 2.45) is 0 Å². The number of benzene rings is 4. The normalized spacial score (nSPS) is 12.1. The van der Waals surface area contributed by atoms with Gasteiger partial charge in [0.2, 0.25) is 0 Å². The van der Waals surface area contributed by atoms with E-state index < -0.39 is 10.4 Å². The van der Waals surface area contributed by atoms with Crippen LogP contribution in [-0.2, 0) is 40.4 Å². The van der Waals surface area contributed by atoms with E-state index in [1.807, 2.05) is 77.9 Å². The highest BCUT2D eigenvalue weighted by Crippen LogP contribution is 2.50. The van der Waals surface area contributed by atoms with Crippen molar-refractivity contribution in [1.82, 2.24) is 0 Å². The van der Waals surface area contributed by atoms with Crippen LogP contribution in [0.2, 0.25) is 0 Å². The zero-order valence-corrected chi connectivity index (χ0v) is 39.9. The fourth-order valence-electron chi connectivity index (χ4n) is 6.27. The second kappa shape index (κ2) is 19.7. The first-order valence-electron chi connectivity index (χ1n) is 19.3. The summed E-state index contributed by atoms with van der Waals surface area (Å²) >= 11 is 0. The van der Waals surface area contributed by atoms with Crippen LogP contribution in [0.25, 0.3) is 22.3 Å². The van der Waals surface area contributed by atoms with E-state index in [9.17, 15) is 23.7 Å². The van der Waals surface area contributed by atoms with Crippen LogP contribution in [0, 0.1) is 0 Å². The third-order valence-electron chi connectivity index (χ3n) is 9.68. The third-order valence-corrected chi connectivity index (χ3v) is 10.5. The van der Waals surface area contributed by atoms with Gasteiger partial charge < -0.3 is 39.0 Å². The van der Waals surface area contributed by atoms with Crippen LogP contribution in [0.5, 0.6) is 46.0 Å². The van der Waals surface area contributed by atoms with Crippen molar-refractivity contribution in [3.8, 4) is 68.2 Å². The molecule has 0 bridgehead atoms. The molecule has 12 nitrogen and oxygen atoms in total. The minimum Gasteiger partial charge on any atom is -0.507 e. The molecule has 0 saturated heterocycles. The molecule has 0 radical (unpaired) electrons. The van der Waals surface area contributed by atoms with Crippen LogP contribution in [0.15, 0.2) is 48.5 Å². The van der Waals surface area contributed by atoms with Crippen LogP contribution < -0.4 is 23.7 Å². The van der Waals surface area contributed by atoms with E-state index in [-0.39, 0.29) is 38.9 Å². The van der Waals surface area contributed by atoms with Crippen molar-refractivity contribution in [2.45, 2.75) is 105 Å². The van der Waals surface area contributed by atoms with Gasteiger partial charge in [-0.05, 0) is 70.2 Å². The highest BCUT2D eigenvalue weighted by Gasteiger charge is 2.29. The van der Waals surface area contributed by atoms with E-state index in [2.05, 4.69) is 49.9 Å². The Balaban J connectivity index is 0.000000357. The lowest BCUT2D eigenvalue weighted by atomic mass is 9.81. The summed E-state index contributed by atoms with van der Waals surface area (Å²) in [6.07, 6.45) is 0. The summed E-state index contributed by atoms with van der Waals surface area (Å²) in [7, 11) is 6.51. The van der Waals surface area contributed by atoms with Crippen LogP contribution in [0.4, 0.5) is 0 Å². The van der Waals surface area contributed by atoms with Crippen LogP contribution in [0.3, 0.4) is 0 Å². The van der Waals surface area contributed by atoms with E-state index in [1.165, 1.54) is 0 Å². The number of aromatic hydroxyl groups is 3. The Morgan fingerprint density at radius 2 is 0.600 bits per heavy atom. The molecule has 13 heteroatoms. The quantitative estimate of drug-likeness (QED) is 0.146. The zero-order valence-electron chi connectivity index (χ0n) is 39.0.